The second-order valence-corrected chi connectivity index (χ2v) is 7.22. The highest BCUT2D eigenvalue weighted by atomic mass is 16.5. The zero-order chi connectivity index (χ0) is 17.9. The summed E-state index contributed by atoms with van der Waals surface area (Å²) >= 11 is 0. The molecule has 0 aromatic heterocycles. The lowest BCUT2D eigenvalue weighted by Crippen LogP contribution is -2.11. The Morgan fingerprint density at radius 3 is 2.46 bits per heavy atom. The number of aryl methyl sites for hydroxylation is 2. The summed E-state index contributed by atoms with van der Waals surface area (Å²) in [7, 11) is 1.41. The summed E-state index contributed by atoms with van der Waals surface area (Å²) in [5, 5.41) is 10.2. The van der Waals surface area contributed by atoms with Gasteiger partial charge in [0.15, 0.2) is 0 Å². The van der Waals surface area contributed by atoms with E-state index in [1.165, 1.54) is 7.11 Å². The van der Waals surface area contributed by atoms with Crippen molar-refractivity contribution in [2.45, 2.75) is 46.0 Å². The van der Waals surface area contributed by atoms with E-state index in [2.05, 4.69) is 39.0 Å². The van der Waals surface area contributed by atoms with E-state index in [1.807, 2.05) is 19.1 Å². The summed E-state index contributed by atoms with van der Waals surface area (Å²) < 4.78 is 4.76. The predicted molar refractivity (Wildman–Crippen MR) is 97.3 cm³/mol. The molecule has 2 aromatic rings. The summed E-state index contributed by atoms with van der Waals surface area (Å²) in [6, 6.07) is 12.0. The SMILES string of the molecule is COC(=O)CCc1cc(C)ccc1-c1ccc(O)c(C(C)(C)C)c1. The molecule has 0 fully saturated rings. The monoisotopic (exact) mass is 326 g/mol. The van der Waals surface area contributed by atoms with Crippen LogP contribution in [0.1, 0.15) is 43.9 Å². The summed E-state index contributed by atoms with van der Waals surface area (Å²) in [6.07, 6.45) is 0.993. The first kappa shape index (κ1) is 18.1. The van der Waals surface area contributed by atoms with Gasteiger partial charge in [0.05, 0.1) is 7.11 Å². The fourth-order valence-corrected chi connectivity index (χ4v) is 2.85. The van der Waals surface area contributed by atoms with Crippen LogP contribution in [0.2, 0.25) is 0 Å². The molecule has 0 bridgehead atoms. The third-order valence-electron chi connectivity index (χ3n) is 4.20. The number of hydrogen-bond donors (Lipinski definition) is 1. The van der Waals surface area contributed by atoms with Crippen molar-refractivity contribution in [3.8, 4) is 16.9 Å². The summed E-state index contributed by atoms with van der Waals surface area (Å²) in [4.78, 5) is 11.5. The number of methoxy groups -OCH3 is 1. The van der Waals surface area contributed by atoms with Gasteiger partial charge in [0, 0.05) is 6.42 Å². The van der Waals surface area contributed by atoms with Crippen LogP contribution < -0.4 is 0 Å². The minimum Gasteiger partial charge on any atom is -0.508 e. The van der Waals surface area contributed by atoms with Crippen molar-refractivity contribution >= 4 is 5.97 Å². The molecular weight excluding hydrogens is 300 g/mol. The number of phenolic OH excluding ortho intramolecular Hbond substituents is 1. The van der Waals surface area contributed by atoms with E-state index >= 15 is 0 Å². The van der Waals surface area contributed by atoms with Crippen LogP contribution in [0.25, 0.3) is 11.1 Å². The van der Waals surface area contributed by atoms with Crippen molar-refractivity contribution in [2.24, 2.45) is 0 Å². The standard InChI is InChI=1S/C21H26O3/c1-14-6-9-17(15(12-14)8-11-20(23)24-5)16-7-10-19(22)18(13-16)21(2,3)4/h6-7,9-10,12-13,22H,8,11H2,1-5H3. The molecule has 0 saturated carbocycles. The van der Waals surface area contributed by atoms with E-state index in [0.717, 1.165) is 27.8 Å². The quantitative estimate of drug-likeness (QED) is 0.823. The number of ether oxygens (including phenoxy) is 1. The minimum atomic E-state index is -0.205. The van der Waals surface area contributed by atoms with Crippen LogP contribution in [-0.2, 0) is 21.4 Å². The van der Waals surface area contributed by atoms with Gasteiger partial charge in [-0.15, -0.1) is 0 Å². The van der Waals surface area contributed by atoms with Crippen molar-refractivity contribution in [2.75, 3.05) is 7.11 Å². The summed E-state index contributed by atoms with van der Waals surface area (Å²) in [6.45, 7) is 8.29. The molecule has 3 heteroatoms. The summed E-state index contributed by atoms with van der Waals surface area (Å²) in [5.74, 6) is 0.109. The number of benzene rings is 2. The molecule has 2 rings (SSSR count). The first-order valence-corrected chi connectivity index (χ1v) is 8.22. The number of rotatable bonds is 4. The van der Waals surface area contributed by atoms with Crippen LogP contribution >= 0.6 is 0 Å². The smallest absolute Gasteiger partial charge is 0.305 e. The molecule has 0 heterocycles. The largest absolute Gasteiger partial charge is 0.508 e. The van der Waals surface area contributed by atoms with Crippen molar-refractivity contribution in [1.29, 1.82) is 0 Å². The first-order valence-electron chi connectivity index (χ1n) is 8.22. The highest BCUT2D eigenvalue weighted by molar-refractivity contribution is 5.73. The zero-order valence-corrected chi connectivity index (χ0v) is 15.1. The normalized spacial score (nSPS) is 11.4. The van der Waals surface area contributed by atoms with Crippen LogP contribution in [0.4, 0.5) is 0 Å². The molecule has 2 aromatic carbocycles. The Balaban J connectivity index is 2.47. The van der Waals surface area contributed by atoms with Crippen LogP contribution in [0.3, 0.4) is 0 Å². The Kier molecular flexibility index (Phi) is 5.33. The highest BCUT2D eigenvalue weighted by Gasteiger charge is 2.19. The summed E-state index contributed by atoms with van der Waals surface area (Å²) in [5.41, 5.74) is 5.20. The maximum atomic E-state index is 11.5. The number of phenols is 1. The average molecular weight is 326 g/mol. The molecule has 0 aliphatic heterocycles. The molecule has 3 nitrogen and oxygen atoms in total. The van der Waals surface area contributed by atoms with E-state index in [9.17, 15) is 9.90 Å². The maximum absolute atomic E-state index is 11.5. The highest BCUT2D eigenvalue weighted by Crippen LogP contribution is 2.35. The van der Waals surface area contributed by atoms with Gasteiger partial charge in [-0.3, -0.25) is 4.79 Å². The van der Waals surface area contributed by atoms with E-state index in [4.69, 9.17) is 4.74 Å². The number of aromatic hydroxyl groups is 1. The van der Waals surface area contributed by atoms with Gasteiger partial charge in [-0.05, 0) is 53.1 Å². The molecule has 0 radical (unpaired) electrons. The molecule has 0 aliphatic carbocycles. The fourth-order valence-electron chi connectivity index (χ4n) is 2.85. The Bertz CT molecular complexity index is 739. The number of hydrogen-bond acceptors (Lipinski definition) is 3. The van der Waals surface area contributed by atoms with E-state index in [0.29, 0.717) is 18.6 Å². The van der Waals surface area contributed by atoms with Crippen LogP contribution in [-0.4, -0.2) is 18.2 Å². The lowest BCUT2D eigenvalue weighted by Gasteiger charge is -2.22. The van der Waals surface area contributed by atoms with Gasteiger partial charge in [-0.1, -0.05) is 50.6 Å². The van der Waals surface area contributed by atoms with E-state index in [-0.39, 0.29) is 11.4 Å². The number of carbonyl (C=O) groups excluding carboxylic acids is 1. The van der Waals surface area contributed by atoms with Gasteiger partial charge in [0.1, 0.15) is 5.75 Å². The van der Waals surface area contributed by atoms with Crippen LogP contribution in [0.5, 0.6) is 5.75 Å². The zero-order valence-electron chi connectivity index (χ0n) is 15.1. The molecule has 0 saturated heterocycles. The molecule has 0 unspecified atom stereocenters. The molecule has 24 heavy (non-hydrogen) atoms. The lowest BCUT2D eigenvalue weighted by molar-refractivity contribution is -0.140. The van der Waals surface area contributed by atoms with Gasteiger partial charge in [0.25, 0.3) is 0 Å². The second-order valence-electron chi connectivity index (χ2n) is 7.22. The second kappa shape index (κ2) is 7.08. The van der Waals surface area contributed by atoms with Gasteiger partial charge < -0.3 is 9.84 Å². The Morgan fingerprint density at radius 2 is 1.83 bits per heavy atom. The van der Waals surface area contributed by atoms with Crippen LogP contribution in [0, 0.1) is 6.92 Å². The molecule has 0 amide bonds. The third-order valence-corrected chi connectivity index (χ3v) is 4.20. The van der Waals surface area contributed by atoms with E-state index < -0.39 is 0 Å². The van der Waals surface area contributed by atoms with Crippen molar-refractivity contribution in [1.82, 2.24) is 0 Å². The van der Waals surface area contributed by atoms with Crippen LogP contribution in [0.15, 0.2) is 36.4 Å². The molecule has 0 aliphatic rings. The molecule has 0 atom stereocenters. The maximum Gasteiger partial charge on any atom is 0.305 e. The van der Waals surface area contributed by atoms with Gasteiger partial charge in [-0.25, -0.2) is 0 Å². The van der Waals surface area contributed by atoms with Crippen molar-refractivity contribution < 1.29 is 14.6 Å². The van der Waals surface area contributed by atoms with Gasteiger partial charge in [-0.2, -0.15) is 0 Å². The van der Waals surface area contributed by atoms with Gasteiger partial charge in [0.2, 0.25) is 0 Å². The number of carbonyl (C=O) groups is 1. The number of esters is 1. The van der Waals surface area contributed by atoms with Crippen molar-refractivity contribution in [3.63, 3.8) is 0 Å². The Morgan fingerprint density at radius 1 is 1.12 bits per heavy atom. The first-order chi connectivity index (χ1) is 11.2. The molecule has 1 N–H and O–H groups in total. The molecular formula is C21H26O3. The van der Waals surface area contributed by atoms with E-state index in [1.54, 1.807) is 6.07 Å². The molecule has 128 valence electrons. The molecule has 0 spiro atoms. The predicted octanol–water partition coefficient (Wildman–Crippen LogP) is 4.77. The van der Waals surface area contributed by atoms with Crippen molar-refractivity contribution in [3.05, 3.63) is 53.1 Å². The van der Waals surface area contributed by atoms with Gasteiger partial charge >= 0.3 is 5.97 Å². The fraction of sp³-hybridized carbons (Fsp3) is 0.381. The Hall–Kier alpha value is -2.29. The minimum absolute atomic E-state index is 0.142. The average Bonchev–Trinajstić information content (AvgIpc) is 2.52. The Labute approximate surface area is 144 Å². The lowest BCUT2D eigenvalue weighted by atomic mass is 9.84. The third kappa shape index (κ3) is 4.16. The topological polar surface area (TPSA) is 46.5 Å².